The second-order valence-electron chi connectivity index (χ2n) is 11.9. The number of fused-ring (bicyclic) bond motifs is 3. The van der Waals surface area contributed by atoms with Crippen LogP contribution in [0.15, 0.2) is 60.8 Å². The van der Waals surface area contributed by atoms with E-state index in [2.05, 4.69) is 22.4 Å². The quantitative estimate of drug-likeness (QED) is 0.424. The lowest BCUT2D eigenvalue weighted by Gasteiger charge is -2.44. The van der Waals surface area contributed by atoms with E-state index in [0.29, 0.717) is 37.2 Å². The number of carbonyl (C=O) groups excluding carboxylic acids is 2. The van der Waals surface area contributed by atoms with Crippen LogP contribution in [0.1, 0.15) is 72.4 Å². The fourth-order valence-electron chi connectivity index (χ4n) is 7.66. The highest BCUT2D eigenvalue weighted by atomic mass is 19.1. The Labute approximate surface area is 232 Å². The lowest BCUT2D eigenvalue weighted by atomic mass is 9.74. The normalized spacial score (nSPS) is 24.8. The molecule has 1 N–H and O–H groups in total. The van der Waals surface area contributed by atoms with Gasteiger partial charge in [-0.3, -0.25) is 9.59 Å². The molecule has 1 saturated heterocycles. The molecule has 204 valence electrons. The SMILES string of the molecule is O=C1N(C/C=C/c2ccc3c(c2)CC2(C3)C(=O)Nc3ncccc32)[C@H](c2cc(F)cc(F)c2)CCC12CCCC2. The largest absolute Gasteiger partial charge is 0.331 e. The summed E-state index contributed by atoms with van der Waals surface area (Å²) in [6, 6.07) is 13.3. The van der Waals surface area contributed by atoms with E-state index in [9.17, 15) is 18.4 Å². The first-order valence-corrected chi connectivity index (χ1v) is 14.2. The van der Waals surface area contributed by atoms with Gasteiger partial charge in [0.1, 0.15) is 17.5 Å². The van der Waals surface area contributed by atoms with E-state index in [-0.39, 0.29) is 23.3 Å². The Bertz CT molecular complexity index is 1540. The molecule has 2 amide bonds. The van der Waals surface area contributed by atoms with Gasteiger partial charge >= 0.3 is 0 Å². The van der Waals surface area contributed by atoms with Crippen LogP contribution in [-0.2, 0) is 27.8 Å². The number of nitrogens with zero attached hydrogens (tertiary/aromatic N) is 2. The summed E-state index contributed by atoms with van der Waals surface area (Å²) in [6.45, 7) is 0.367. The maximum Gasteiger partial charge on any atom is 0.237 e. The molecule has 2 aliphatic carbocycles. The number of pyridine rings is 1. The zero-order valence-electron chi connectivity index (χ0n) is 22.3. The fraction of sp³-hybridized carbons (Fsp3) is 0.364. The maximum atomic E-state index is 14.1. The van der Waals surface area contributed by atoms with Crippen molar-refractivity contribution in [2.24, 2.45) is 5.41 Å². The molecule has 2 spiro atoms. The predicted molar refractivity (Wildman–Crippen MR) is 148 cm³/mol. The van der Waals surface area contributed by atoms with Crippen LogP contribution in [0.25, 0.3) is 6.08 Å². The number of anilines is 1. The van der Waals surface area contributed by atoms with Gasteiger partial charge < -0.3 is 10.2 Å². The van der Waals surface area contributed by atoms with Gasteiger partial charge in [-0.2, -0.15) is 0 Å². The van der Waals surface area contributed by atoms with Crippen molar-refractivity contribution in [3.8, 4) is 0 Å². The van der Waals surface area contributed by atoms with Crippen molar-refractivity contribution in [3.05, 3.63) is 100 Å². The molecule has 40 heavy (non-hydrogen) atoms. The molecule has 4 aliphatic rings. The highest BCUT2D eigenvalue weighted by Crippen LogP contribution is 2.50. The van der Waals surface area contributed by atoms with Gasteiger partial charge in [0.2, 0.25) is 11.8 Å². The monoisotopic (exact) mass is 539 g/mol. The van der Waals surface area contributed by atoms with Crippen LogP contribution >= 0.6 is 0 Å². The number of likely N-dealkylation sites (tertiary alicyclic amines) is 1. The summed E-state index contributed by atoms with van der Waals surface area (Å²) in [4.78, 5) is 33.0. The number of aromatic nitrogens is 1. The van der Waals surface area contributed by atoms with Crippen molar-refractivity contribution in [1.29, 1.82) is 0 Å². The molecule has 3 heterocycles. The summed E-state index contributed by atoms with van der Waals surface area (Å²) in [5, 5.41) is 2.95. The smallest absolute Gasteiger partial charge is 0.237 e. The average molecular weight is 540 g/mol. The summed E-state index contributed by atoms with van der Waals surface area (Å²) in [7, 11) is 0. The van der Waals surface area contributed by atoms with Gasteiger partial charge in [0.15, 0.2) is 0 Å². The zero-order chi connectivity index (χ0) is 27.5. The summed E-state index contributed by atoms with van der Waals surface area (Å²) >= 11 is 0. The number of hydrogen-bond acceptors (Lipinski definition) is 3. The molecule has 2 aromatic carbocycles. The molecule has 2 atom stereocenters. The summed E-state index contributed by atoms with van der Waals surface area (Å²) < 4.78 is 28.2. The van der Waals surface area contributed by atoms with Crippen molar-refractivity contribution in [2.75, 3.05) is 11.9 Å². The van der Waals surface area contributed by atoms with E-state index in [1.807, 2.05) is 35.3 Å². The van der Waals surface area contributed by atoms with E-state index < -0.39 is 17.0 Å². The first-order valence-electron chi connectivity index (χ1n) is 14.2. The van der Waals surface area contributed by atoms with Crippen LogP contribution in [0, 0.1) is 17.0 Å². The minimum absolute atomic E-state index is 0.00114. The molecule has 7 heteroatoms. The van der Waals surface area contributed by atoms with Crippen molar-refractivity contribution in [1.82, 2.24) is 9.88 Å². The first-order chi connectivity index (χ1) is 19.4. The number of halogens is 2. The molecule has 1 unspecified atom stereocenters. The van der Waals surface area contributed by atoms with Gasteiger partial charge in [-0.1, -0.05) is 49.3 Å². The zero-order valence-corrected chi connectivity index (χ0v) is 22.3. The number of carbonyl (C=O) groups is 2. The van der Waals surface area contributed by atoms with Crippen LogP contribution < -0.4 is 5.32 Å². The third-order valence-corrected chi connectivity index (χ3v) is 9.63. The van der Waals surface area contributed by atoms with E-state index in [0.717, 1.165) is 60.4 Å². The fourth-order valence-corrected chi connectivity index (χ4v) is 7.66. The summed E-state index contributed by atoms with van der Waals surface area (Å²) in [6.07, 6.45) is 12.2. The van der Waals surface area contributed by atoms with Crippen molar-refractivity contribution >= 4 is 23.7 Å². The number of benzene rings is 2. The number of nitrogens with one attached hydrogen (secondary N) is 1. The Morgan fingerprint density at radius 3 is 2.55 bits per heavy atom. The molecular weight excluding hydrogens is 508 g/mol. The van der Waals surface area contributed by atoms with Crippen LogP contribution in [-0.4, -0.2) is 28.2 Å². The first kappa shape index (κ1) is 25.1. The van der Waals surface area contributed by atoms with Crippen molar-refractivity contribution < 1.29 is 18.4 Å². The van der Waals surface area contributed by atoms with E-state index in [4.69, 9.17) is 0 Å². The Hall–Kier alpha value is -3.87. The van der Waals surface area contributed by atoms with Gasteiger partial charge in [-0.05, 0) is 79.0 Å². The Kier molecular flexibility index (Phi) is 5.88. The molecule has 2 aliphatic heterocycles. The third kappa shape index (κ3) is 3.97. The topological polar surface area (TPSA) is 62.3 Å². The number of amides is 2. The van der Waals surface area contributed by atoms with Crippen LogP contribution in [0.3, 0.4) is 0 Å². The molecule has 7 rings (SSSR count). The van der Waals surface area contributed by atoms with E-state index in [1.165, 1.54) is 12.1 Å². The average Bonchev–Trinajstić information content (AvgIpc) is 3.63. The number of piperidine rings is 1. The van der Waals surface area contributed by atoms with Crippen molar-refractivity contribution in [3.63, 3.8) is 0 Å². The predicted octanol–water partition coefficient (Wildman–Crippen LogP) is 6.29. The lowest BCUT2D eigenvalue weighted by Crippen LogP contribution is -2.49. The summed E-state index contributed by atoms with van der Waals surface area (Å²) in [5.41, 5.74) is 3.81. The molecule has 3 aromatic rings. The van der Waals surface area contributed by atoms with Gasteiger partial charge in [-0.25, -0.2) is 13.8 Å². The van der Waals surface area contributed by atoms with Crippen molar-refractivity contribution in [2.45, 2.75) is 62.8 Å². The van der Waals surface area contributed by atoms with Gasteiger partial charge in [0.05, 0.1) is 11.5 Å². The second-order valence-corrected chi connectivity index (χ2v) is 11.9. The standard InChI is InChI=1S/C33H31F2N3O2/c34-25-16-23(17-26(35)18-25)28-9-12-32(10-1-2-11-32)31(40)38(28)14-4-5-21-7-8-22-19-33(20-24(22)15-21)27-6-3-13-36-29(27)37-30(33)39/h3-8,13,15-18,28H,1-2,9-12,14,19-20H2,(H,36,37,39)/b5-4+/t28-,33?/m0/s1. The van der Waals surface area contributed by atoms with Crippen LogP contribution in [0.4, 0.5) is 14.6 Å². The highest BCUT2D eigenvalue weighted by Gasteiger charge is 2.51. The number of hydrogen-bond donors (Lipinski definition) is 1. The Balaban J connectivity index is 1.14. The molecule has 2 fully saturated rings. The van der Waals surface area contributed by atoms with E-state index in [1.54, 1.807) is 6.20 Å². The molecule has 5 nitrogen and oxygen atoms in total. The minimum Gasteiger partial charge on any atom is -0.331 e. The summed E-state index contributed by atoms with van der Waals surface area (Å²) in [5.74, 6) is -0.488. The highest BCUT2D eigenvalue weighted by molar-refractivity contribution is 6.06. The molecule has 1 aromatic heterocycles. The molecule has 0 radical (unpaired) electrons. The maximum absolute atomic E-state index is 14.1. The number of rotatable bonds is 4. The van der Waals surface area contributed by atoms with Gasteiger partial charge in [-0.15, -0.1) is 0 Å². The van der Waals surface area contributed by atoms with E-state index >= 15 is 0 Å². The minimum atomic E-state index is -0.621. The molecule has 1 saturated carbocycles. The second kappa shape index (κ2) is 9.36. The lowest BCUT2D eigenvalue weighted by molar-refractivity contribution is -0.149. The van der Waals surface area contributed by atoms with Gasteiger partial charge in [0.25, 0.3) is 0 Å². The van der Waals surface area contributed by atoms with Crippen LogP contribution in [0.5, 0.6) is 0 Å². The Morgan fingerprint density at radius 2 is 1.75 bits per heavy atom. The molecule has 0 bridgehead atoms. The van der Waals surface area contributed by atoms with Gasteiger partial charge in [0, 0.05) is 29.8 Å². The molecular formula is C33H31F2N3O2. The third-order valence-electron chi connectivity index (χ3n) is 9.63. The van der Waals surface area contributed by atoms with Crippen LogP contribution in [0.2, 0.25) is 0 Å². The Morgan fingerprint density at radius 1 is 0.975 bits per heavy atom.